The summed E-state index contributed by atoms with van der Waals surface area (Å²) in [5.41, 5.74) is -2.57. The molecule has 0 aliphatic heterocycles. The van der Waals surface area contributed by atoms with E-state index in [-0.39, 0.29) is 5.02 Å². The molecule has 9 heteroatoms. The zero-order valence-electron chi connectivity index (χ0n) is 10.1. The molecule has 0 saturated heterocycles. The van der Waals surface area contributed by atoms with Crippen LogP contribution in [0.15, 0.2) is 17.0 Å². The van der Waals surface area contributed by atoms with Crippen LogP contribution in [0.2, 0.25) is 15.1 Å². The summed E-state index contributed by atoms with van der Waals surface area (Å²) in [4.78, 5) is 11.6. The van der Waals surface area contributed by atoms with Crippen molar-refractivity contribution >= 4 is 70.0 Å². The van der Waals surface area contributed by atoms with Gasteiger partial charge in [-0.15, -0.1) is 0 Å². The Labute approximate surface area is 136 Å². The van der Waals surface area contributed by atoms with E-state index in [4.69, 9.17) is 51.1 Å². The summed E-state index contributed by atoms with van der Waals surface area (Å²) >= 11 is 24.6. The highest BCUT2D eigenvalue weighted by Gasteiger charge is 2.26. The first-order chi connectivity index (χ1) is 8.85. The van der Waals surface area contributed by atoms with Gasteiger partial charge in [-0.2, -0.15) is 0 Å². The van der Waals surface area contributed by atoms with Crippen molar-refractivity contribution in [3.05, 3.63) is 27.2 Å². The number of carbonyl (C=O) groups is 1. The normalized spacial score (nSPS) is 13.9. The third-order valence-corrected chi connectivity index (χ3v) is 9.80. The number of hydrogen-bond donors (Lipinski definition) is 0. The molecule has 0 saturated carbocycles. The first-order valence-electron chi connectivity index (χ1n) is 5.12. The molecule has 1 rings (SSSR count). The Bertz CT molecular complexity index is 530. The molecule has 1 amide bonds. The molecule has 0 N–H and O–H groups in total. The summed E-state index contributed by atoms with van der Waals surface area (Å²) in [6, 6.07) is 3.34. The Hall–Kier alpha value is 0.520. The summed E-state index contributed by atoms with van der Waals surface area (Å²) in [7, 11) is 1.59. The molecule has 0 fully saturated rings. The molecule has 1 unspecified atom stereocenters. The van der Waals surface area contributed by atoms with Crippen LogP contribution in [0.25, 0.3) is 0 Å². The highest BCUT2D eigenvalue weighted by atomic mass is 35.5. The van der Waals surface area contributed by atoms with Crippen molar-refractivity contribution in [1.82, 2.24) is 4.67 Å². The monoisotopic (exact) mass is 377 g/mol. The molecule has 0 aliphatic carbocycles. The number of amides is 1. The minimum Gasteiger partial charge on any atom is -0.326 e. The maximum Gasteiger partial charge on any atom is 0.219 e. The van der Waals surface area contributed by atoms with E-state index in [9.17, 15) is 4.79 Å². The lowest BCUT2D eigenvalue weighted by Gasteiger charge is -2.27. The number of benzene rings is 1. The smallest absolute Gasteiger partial charge is 0.219 e. The summed E-state index contributed by atoms with van der Waals surface area (Å²) in [6.07, 6.45) is 0.648. The van der Waals surface area contributed by atoms with E-state index in [0.717, 1.165) is 0 Å². The van der Waals surface area contributed by atoms with Gasteiger partial charge in [0.15, 0.2) is 0 Å². The van der Waals surface area contributed by atoms with Crippen LogP contribution in [-0.2, 0) is 21.1 Å². The van der Waals surface area contributed by atoms with E-state index in [2.05, 4.69) is 0 Å². The molecular formula is C10H11Cl3NO2PS2. The molecule has 0 aromatic heterocycles. The van der Waals surface area contributed by atoms with E-state index in [1.165, 1.54) is 16.1 Å². The van der Waals surface area contributed by atoms with Crippen molar-refractivity contribution in [2.45, 2.75) is 11.8 Å². The van der Waals surface area contributed by atoms with Gasteiger partial charge in [0.25, 0.3) is 0 Å². The van der Waals surface area contributed by atoms with Crippen LogP contribution in [0.3, 0.4) is 0 Å². The molecule has 1 aromatic carbocycles. The van der Waals surface area contributed by atoms with Crippen molar-refractivity contribution in [2.75, 3.05) is 13.7 Å². The highest BCUT2D eigenvalue weighted by molar-refractivity contribution is 8.68. The second-order valence-electron chi connectivity index (χ2n) is 3.33. The number of carbonyl (C=O) groups excluding carboxylic acids is 1. The second-order valence-corrected chi connectivity index (χ2v) is 11.2. The van der Waals surface area contributed by atoms with Gasteiger partial charge >= 0.3 is 0 Å². The lowest BCUT2D eigenvalue weighted by molar-refractivity contribution is -0.113. The molecular weight excluding hydrogens is 368 g/mol. The van der Waals surface area contributed by atoms with Gasteiger partial charge in [-0.25, -0.2) is 0 Å². The quantitative estimate of drug-likeness (QED) is 0.392. The SMILES string of the molecule is CCOP(=S)(Sc1ccc(Cl)c(Cl)c1Cl)N(C)C=O. The largest absolute Gasteiger partial charge is 0.326 e. The van der Waals surface area contributed by atoms with Gasteiger partial charge in [0.2, 0.25) is 12.0 Å². The Kier molecular flexibility index (Phi) is 6.94. The van der Waals surface area contributed by atoms with Crippen molar-refractivity contribution in [3.63, 3.8) is 0 Å². The van der Waals surface area contributed by atoms with E-state index in [1.807, 2.05) is 6.92 Å². The standard InChI is InChI=1S/C10H11Cl3NO2PS2/c1-3-16-17(18,14(2)6-15)19-8-5-4-7(11)9(12)10(8)13/h4-6H,3H2,1-2H3. The van der Waals surface area contributed by atoms with Gasteiger partial charge in [-0.3, -0.25) is 9.46 Å². The van der Waals surface area contributed by atoms with Gasteiger partial charge in [0, 0.05) is 11.9 Å². The molecule has 0 bridgehead atoms. The molecule has 0 aliphatic rings. The van der Waals surface area contributed by atoms with Gasteiger partial charge in [0.1, 0.15) is 0 Å². The number of rotatable bonds is 6. The minimum absolute atomic E-state index is 0.264. The van der Waals surface area contributed by atoms with Gasteiger partial charge in [0.05, 0.1) is 21.7 Å². The number of nitrogens with zero attached hydrogens (tertiary/aromatic N) is 1. The number of hydrogen-bond acceptors (Lipinski definition) is 4. The van der Waals surface area contributed by atoms with Gasteiger partial charge < -0.3 is 4.52 Å². The van der Waals surface area contributed by atoms with E-state index in [1.54, 1.807) is 19.2 Å². The van der Waals surface area contributed by atoms with Crippen LogP contribution < -0.4 is 0 Å². The van der Waals surface area contributed by atoms with Crippen LogP contribution >= 0.6 is 51.8 Å². The summed E-state index contributed by atoms with van der Waals surface area (Å²) < 4.78 is 6.92. The second kappa shape index (κ2) is 7.51. The van der Waals surface area contributed by atoms with Crippen LogP contribution in [0.4, 0.5) is 0 Å². The zero-order valence-corrected chi connectivity index (χ0v) is 14.9. The maximum absolute atomic E-state index is 10.9. The van der Waals surface area contributed by atoms with Crippen molar-refractivity contribution < 1.29 is 9.32 Å². The van der Waals surface area contributed by atoms with Crippen molar-refractivity contribution in [3.8, 4) is 0 Å². The molecule has 19 heavy (non-hydrogen) atoms. The van der Waals surface area contributed by atoms with Crippen LogP contribution in [0, 0.1) is 0 Å². The third-order valence-electron chi connectivity index (χ3n) is 2.04. The summed E-state index contributed by atoms with van der Waals surface area (Å²) in [5.74, 6) is 0. The molecule has 0 radical (unpaired) electrons. The fourth-order valence-corrected chi connectivity index (χ4v) is 6.67. The molecule has 3 nitrogen and oxygen atoms in total. The van der Waals surface area contributed by atoms with E-state index < -0.39 is 5.62 Å². The third kappa shape index (κ3) is 4.24. The van der Waals surface area contributed by atoms with Gasteiger partial charge in [-0.05, 0) is 42.2 Å². The van der Waals surface area contributed by atoms with Crippen LogP contribution in [0.5, 0.6) is 0 Å². The van der Waals surface area contributed by atoms with Crippen LogP contribution in [0.1, 0.15) is 6.92 Å². The average Bonchev–Trinajstić information content (AvgIpc) is 2.39. The molecule has 106 valence electrons. The predicted octanol–water partition coefficient (Wildman–Crippen LogP) is 5.09. The fraction of sp³-hybridized carbons (Fsp3) is 0.300. The lowest BCUT2D eigenvalue weighted by Crippen LogP contribution is -2.12. The topological polar surface area (TPSA) is 29.5 Å². The average molecular weight is 379 g/mol. The zero-order chi connectivity index (χ0) is 14.6. The minimum atomic E-state index is -2.57. The molecule has 1 aromatic rings. The first-order valence-corrected chi connectivity index (χ1v) is 10.3. The lowest BCUT2D eigenvalue weighted by atomic mass is 10.4. The Morgan fingerprint density at radius 2 is 2.05 bits per heavy atom. The van der Waals surface area contributed by atoms with Gasteiger partial charge in [-0.1, -0.05) is 34.8 Å². The predicted molar refractivity (Wildman–Crippen MR) is 87.1 cm³/mol. The Morgan fingerprint density at radius 1 is 1.42 bits per heavy atom. The highest BCUT2D eigenvalue weighted by Crippen LogP contribution is 2.65. The molecule has 0 spiro atoms. The molecule has 1 atom stereocenters. The Balaban J connectivity index is 3.14. The number of halogens is 3. The van der Waals surface area contributed by atoms with E-state index >= 15 is 0 Å². The molecule has 0 heterocycles. The van der Waals surface area contributed by atoms with Crippen molar-refractivity contribution in [2.24, 2.45) is 0 Å². The van der Waals surface area contributed by atoms with Crippen LogP contribution in [-0.4, -0.2) is 24.7 Å². The maximum atomic E-state index is 10.9. The summed E-state index contributed by atoms with van der Waals surface area (Å²) in [5, 5.41) is 0.942. The fourth-order valence-electron chi connectivity index (χ4n) is 1.11. The van der Waals surface area contributed by atoms with Crippen molar-refractivity contribution in [1.29, 1.82) is 0 Å². The van der Waals surface area contributed by atoms with E-state index in [0.29, 0.717) is 28.0 Å². The Morgan fingerprint density at radius 3 is 2.58 bits per heavy atom. The summed E-state index contributed by atoms with van der Waals surface area (Å²) in [6.45, 7) is 2.22. The first kappa shape index (κ1) is 17.6.